The molecule has 0 aromatic carbocycles. The van der Waals surface area contributed by atoms with Crippen molar-refractivity contribution >= 4 is 27.4 Å². The number of rotatable bonds is 2. The molecule has 1 heterocycles. The Labute approximate surface area is 105 Å². The second kappa shape index (κ2) is 4.62. The number of nitrogens with two attached hydrogens (primary N) is 1. The van der Waals surface area contributed by atoms with Crippen LogP contribution in [0.25, 0.3) is 0 Å². The highest BCUT2D eigenvalue weighted by Crippen LogP contribution is 2.34. The lowest BCUT2D eigenvalue weighted by molar-refractivity contribution is 0.435. The fourth-order valence-corrected chi connectivity index (χ4v) is 2.78. The number of halogens is 1. The molecule has 0 bridgehead atoms. The molecular formula is C12H18BrN3. The average molecular weight is 284 g/mol. The van der Waals surface area contributed by atoms with Gasteiger partial charge >= 0.3 is 0 Å². The molecule has 0 aliphatic heterocycles. The van der Waals surface area contributed by atoms with E-state index >= 15 is 0 Å². The van der Waals surface area contributed by atoms with E-state index in [4.69, 9.17) is 5.73 Å². The van der Waals surface area contributed by atoms with Crippen molar-refractivity contribution in [2.75, 3.05) is 11.1 Å². The van der Waals surface area contributed by atoms with Crippen molar-refractivity contribution in [1.82, 2.24) is 4.98 Å². The summed E-state index contributed by atoms with van der Waals surface area (Å²) in [7, 11) is 0. The Morgan fingerprint density at radius 1 is 1.44 bits per heavy atom. The standard InChI is InChI=1S/C12H18BrN3/c1-7-3-4-11(8(7)2)16-12-10(13)5-9(14)6-15-12/h5-8,11H,3-4,14H2,1-2H3,(H,15,16). The predicted molar refractivity (Wildman–Crippen MR) is 71.3 cm³/mol. The first-order valence-electron chi connectivity index (χ1n) is 5.75. The maximum Gasteiger partial charge on any atom is 0.140 e. The van der Waals surface area contributed by atoms with Gasteiger partial charge in [-0.2, -0.15) is 0 Å². The van der Waals surface area contributed by atoms with Crippen LogP contribution in [0.3, 0.4) is 0 Å². The van der Waals surface area contributed by atoms with E-state index in [9.17, 15) is 0 Å². The second-order valence-corrected chi connectivity index (χ2v) is 5.62. The van der Waals surface area contributed by atoms with Crippen molar-refractivity contribution in [3.05, 3.63) is 16.7 Å². The molecule has 4 heteroatoms. The maximum absolute atomic E-state index is 5.66. The zero-order valence-electron chi connectivity index (χ0n) is 9.70. The van der Waals surface area contributed by atoms with Crippen LogP contribution < -0.4 is 11.1 Å². The molecule has 3 atom stereocenters. The van der Waals surface area contributed by atoms with Gasteiger partial charge in [0.1, 0.15) is 5.82 Å². The van der Waals surface area contributed by atoms with Crippen LogP contribution in [0.5, 0.6) is 0 Å². The number of hydrogen-bond acceptors (Lipinski definition) is 3. The third-order valence-electron chi connectivity index (χ3n) is 3.65. The van der Waals surface area contributed by atoms with Crippen LogP contribution in [-0.2, 0) is 0 Å². The van der Waals surface area contributed by atoms with Crippen LogP contribution in [0.2, 0.25) is 0 Å². The minimum Gasteiger partial charge on any atom is -0.397 e. The molecule has 1 aromatic rings. The Morgan fingerprint density at radius 2 is 2.19 bits per heavy atom. The summed E-state index contributed by atoms with van der Waals surface area (Å²) < 4.78 is 0.944. The summed E-state index contributed by atoms with van der Waals surface area (Å²) in [4.78, 5) is 4.32. The minimum absolute atomic E-state index is 0.530. The van der Waals surface area contributed by atoms with Crippen LogP contribution in [0.15, 0.2) is 16.7 Å². The van der Waals surface area contributed by atoms with Gasteiger partial charge in [0.05, 0.1) is 16.4 Å². The van der Waals surface area contributed by atoms with Gasteiger partial charge in [-0.05, 0) is 46.7 Å². The fourth-order valence-electron chi connectivity index (χ4n) is 2.30. The molecule has 1 aromatic heterocycles. The highest BCUT2D eigenvalue weighted by molar-refractivity contribution is 9.10. The first-order chi connectivity index (χ1) is 7.58. The summed E-state index contributed by atoms with van der Waals surface area (Å²) in [5, 5.41) is 3.50. The average Bonchev–Trinajstić information content (AvgIpc) is 2.54. The van der Waals surface area contributed by atoms with Crippen molar-refractivity contribution in [2.24, 2.45) is 11.8 Å². The van der Waals surface area contributed by atoms with E-state index in [0.29, 0.717) is 17.6 Å². The lowest BCUT2D eigenvalue weighted by Crippen LogP contribution is -2.24. The lowest BCUT2D eigenvalue weighted by Gasteiger charge is -2.20. The Kier molecular flexibility index (Phi) is 3.38. The summed E-state index contributed by atoms with van der Waals surface area (Å²) in [5.41, 5.74) is 6.35. The van der Waals surface area contributed by atoms with E-state index in [2.05, 4.69) is 40.1 Å². The first kappa shape index (κ1) is 11.7. The van der Waals surface area contributed by atoms with Gasteiger partial charge in [0, 0.05) is 6.04 Å². The first-order valence-corrected chi connectivity index (χ1v) is 6.55. The molecule has 3 unspecified atom stereocenters. The van der Waals surface area contributed by atoms with E-state index in [0.717, 1.165) is 16.2 Å². The van der Waals surface area contributed by atoms with Gasteiger partial charge in [0.2, 0.25) is 0 Å². The summed E-state index contributed by atoms with van der Waals surface area (Å²) in [6, 6.07) is 2.42. The highest BCUT2D eigenvalue weighted by atomic mass is 79.9. The molecule has 0 radical (unpaired) electrons. The summed E-state index contributed by atoms with van der Waals surface area (Å²) >= 11 is 3.48. The zero-order valence-corrected chi connectivity index (χ0v) is 11.3. The number of pyridine rings is 1. The van der Waals surface area contributed by atoms with E-state index in [1.54, 1.807) is 6.20 Å². The summed E-state index contributed by atoms with van der Waals surface area (Å²) in [6.07, 6.45) is 4.21. The number of hydrogen-bond donors (Lipinski definition) is 2. The SMILES string of the molecule is CC1CCC(Nc2ncc(N)cc2Br)C1C. The van der Waals surface area contributed by atoms with Gasteiger partial charge < -0.3 is 11.1 Å². The molecular weight excluding hydrogens is 266 g/mol. The fraction of sp³-hybridized carbons (Fsp3) is 0.583. The third kappa shape index (κ3) is 2.32. The van der Waals surface area contributed by atoms with E-state index < -0.39 is 0 Å². The molecule has 3 nitrogen and oxygen atoms in total. The molecule has 2 rings (SSSR count). The molecule has 0 amide bonds. The Bertz CT molecular complexity index is 381. The van der Waals surface area contributed by atoms with Gasteiger partial charge in [-0.1, -0.05) is 13.8 Å². The van der Waals surface area contributed by atoms with Crippen molar-refractivity contribution in [3.63, 3.8) is 0 Å². The largest absolute Gasteiger partial charge is 0.397 e. The Hall–Kier alpha value is -0.770. The van der Waals surface area contributed by atoms with Crippen molar-refractivity contribution < 1.29 is 0 Å². The lowest BCUT2D eigenvalue weighted by atomic mass is 9.98. The Balaban J connectivity index is 2.09. The van der Waals surface area contributed by atoms with Crippen LogP contribution in [0.4, 0.5) is 11.5 Å². The van der Waals surface area contributed by atoms with Crippen molar-refractivity contribution in [3.8, 4) is 0 Å². The number of aromatic nitrogens is 1. The van der Waals surface area contributed by atoms with E-state index in [-0.39, 0.29) is 0 Å². The summed E-state index contributed by atoms with van der Waals surface area (Å²) in [5.74, 6) is 2.40. The molecule has 1 aliphatic rings. The quantitative estimate of drug-likeness (QED) is 0.876. The van der Waals surface area contributed by atoms with Crippen LogP contribution in [0.1, 0.15) is 26.7 Å². The molecule has 0 spiro atoms. The molecule has 1 aliphatic carbocycles. The number of nitrogen functional groups attached to an aromatic ring is 1. The van der Waals surface area contributed by atoms with E-state index in [1.807, 2.05) is 6.07 Å². The molecule has 1 fully saturated rings. The predicted octanol–water partition coefficient (Wildman–Crippen LogP) is 3.27. The third-order valence-corrected chi connectivity index (χ3v) is 4.25. The molecule has 0 saturated heterocycles. The highest BCUT2D eigenvalue weighted by Gasteiger charge is 2.30. The monoisotopic (exact) mass is 283 g/mol. The molecule has 88 valence electrons. The topological polar surface area (TPSA) is 50.9 Å². The van der Waals surface area contributed by atoms with Gasteiger partial charge in [-0.25, -0.2) is 4.98 Å². The van der Waals surface area contributed by atoms with Crippen LogP contribution >= 0.6 is 15.9 Å². The molecule has 16 heavy (non-hydrogen) atoms. The molecule has 1 saturated carbocycles. The van der Waals surface area contributed by atoms with Crippen LogP contribution in [0, 0.1) is 11.8 Å². The number of nitrogens with zero attached hydrogens (tertiary/aromatic N) is 1. The van der Waals surface area contributed by atoms with Crippen LogP contribution in [-0.4, -0.2) is 11.0 Å². The minimum atomic E-state index is 0.530. The normalized spacial score (nSPS) is 29.3. The molecule has 3 N–H and O–H groups in total. The van der Waals surface area contributed by atoms with E-state index in [1.165, 1.54) is 12.8 Å². The van der Waals surface area contributed by atoms with Crippen molar-refractivity contribution in [1.29, 1.82) is 0 Å². The number of nitrogens with one attached hydrogen (secondary N) is 1. The summed E-state index contributed by atoms with van der Waals surface area (Å²) in [6.45, 7) is 4.62. The van der Waals surface area contributed by atoms with Gasteiger partial charge in [-0.15, -0.1) is 0 Å². The van der Waals surface area contributed by atoms with Gasteiger partial charge in [0.15, 0.2) is 0 Å². The smallest absolute Gasteiger partial charge is 0.140 e. The van der Waals surface area contributed by atoms with Gasteiger partial charge in [0.25, 0.3) is 0 Å². The van der Waals surface area contributed by atoms with Crippen molar-refractivity contribution in [2.45, 2.75) is 32.7 Å². The maximum atomic E-state index is 5.66. The van der Waals surface area contributed by atoms with Gasteiger partial charge in [-0.3, -0.25) is 0 Å². The zero-order chi connectivity index (χ0) is 11.7. The Morgan fingerprint density at radius 3 is 2.75 bits per heavy atom. The second-order valence-electron chi connectivity index (χ2n) is 4.76. The number of anilines is 2.